The van der Waals surface area contributed by atoms with Crippen molar-refractivity contribution in [3.63, 3.8) is 0 Å². The predicted molar refractivity (Wildman–Crippen MR) is 82.8 cm³/mol. The molecule has 2 heterocycles. The summed E-state index contributed by atoms with van der Waals surface area (Å²) in [5.74, 6) is 0.288. The first-order valence-electron chi connectivity index (χ1n) is 7.02. The molecule has 1 saturated carbocycles. The lowest BCUT2D eigenvalue weighted by atomic mass is 10.1. The van der Waals surface area contributed by atoms with Gasteiger partial charge in [0.1, 0.15) is 0 Å². The van der Waals surface area contributed by atoms with Gasteiger partial charge in [0.2, 0.25) is 15.2 Å². The van der Waals surface area contributed by atoms with E-state index in [2.05, 4.69) is 15.3 Å². The molecule has 7 nitrogen and oxygen atoms in total. The van der Waals surface area contributed by atoms with E-state index in [1.807, 2.05) is 0 Å². The number of fused-ring (bicyclic) bond motifs is 1. The number of benzene rings is 1. The molecule has 1 aliphatic carbocycles. The number of nitrogens with two attached hydrogens (primary N) is 1. The van der Waals surface area contributed by atoms with Gasteiger partial charge in [-0.2, -0.15) is 5.10 Å². The smallest absolute Gasteiger partial charge is 0.225 e. The third-order valence-electron chi connectivity index (χ3n) is 3.77. The van der Waals surface area contributed by atoms with E-state index in [4.69, 9.17) is 5.14 Å². The molecule has 4 rings (SSSR count). The predicted octanol–water partition coefficient (Wildman–Crippen LogP) is 2.34. The molecule has 0 amide bonds. The maximum absolute atomic E-state index is 12.8. The Kier molecular flexibility index (Phi) is 3.41. The number of rotatable bonds is 4. The molecule has 126 valence electrons. The van der Waals surface area contributed by atoms with Gasteiger partial charge in [0.25, 0.3) is 6.43 Å². The van der Waals surface area contributed by atoms with Gasteiger partial charge >= 0.3 is 0 Å². The monoisotopic (exact) mass is 371 g/mol. The highest BCUT2D eigenvalue weighted by molar-refractivity contribution is 7.89. The maximum Gasteiger partial charge on any atom is 0.291 e. The summed E-state index contributed by atoms with van der Waals surface area (Å²) in [5, 5.41) is 17.4. The summed E-state index contributed by atoms with van der Waals surface area (Å²) in [6.45, 7) is 0. The second kappa shape index (κ2) is 5.26. The van der Waals surface area contributed by atoms with E-state index in [0.29, 0.717) is 16.9 Å². The number of hydrogen-bond donors (Lipinski definition) is 1. The van der Waals surface area contributed by atoms with Crippen LogP contribution in [-0.4, -0.2) is 28.4 Å². The third-order valence-corrected chi connectivity index (χ3v) is 5.59. The van der Waals surface area contributed by atoms with Crippen molar-refractivity contribution in [2.24, 2.45) is 5.14 Å². The first-order chi connectivity index (χ1) is 11.3. The number of sulfonamides is 1. The van der Waals surface area contributed by atoms with E-state index in [1.54, 1.807) is 6.07 Å². The van der Waals surface area contributed by atoms with Gasteiger partial charge < -0.3 is 0 Å². The minimum absolute atomic E-state index is 0.0721. The van der Waals surface area contributed by atoms with E-state index in [-0.39, 0.29) is 15.9 Å². The zero-order chi connectivity index (χ0) is 17.1. The van der Waals surface area contributed by atoms with Crippen LogP contribution in [0.3, 0.4) is 0 Å². The molecular formula is C13H11F2N5O2S2. The van der Waals surface area contributed by atoms with Crippen molar-refractivity contribution in [1.82, 2.24) is 20.0 Å². The van der Waals surface area contributed by atoms with Gasteiger partial charge in [-0.15, -0.1) is 10.2 Å². The Labute approximate surface area is 139 Å². The number of halogens is 2. The van der Waals surface area contributed by atoms with Gasteiger partial charge in [-0.25, -0.2) is 27.0 Å². The van der Waals surface area contributed by atoms with Gasteiger partial charge in [-0.05, 0) is 31.0 Å². The summed E-state index contributed by atoms with van der Waals surface area (Å²) in [6, 6.07) is 4.44. The number of hydrogen-bond acceptors (Lipinski definition) is 6. The molecule has 2 aromatic heterocycles. The summed E-state index contributed by atoms with van der Waals surface area (Å²) in [6.07, 6.45) is -0.746. The average molecular weight is 371 g/mol. The van der Waals surface area contributed by atoms with Gasteiger partial charge in [0.15, 0.2) is 5.01 Å². The zero-order valence-corrected chi connectivity index (χ0v) is 13.7. The number of aromatic nitrogens is 4. The molecule has 0 spiro atoms. The van der Waals surface area contributed by atoms with Crippen LogP contribution in [0.25, 0.3) is 16.0 Å². The molecule has 24 heavy (non-hydrogen) atoms. The molecule has 1 aliphatic rings. The Morgan fingerprint density at radius 3 is 2.62 bits per heavy atom. The Balaban J connectivity index is 1.95. The van der Waals surface area contributed by atoms with Crippen molar-refractivity contribution in [3.05, 3.63) is 28.9 Å². The molecule has 0 atom stereocenters. The quantitative estimate of drug-likeness (QED) is 0.758. The highest BCUT2D eigenvalue weighted by Gasteiger charge is 2.30. The summed E-state index contributed by atoms with van der Waals surface area (Å²) >= 11 is 0.715. The van der Waals surface area contributed by atoms with E-state index >= 15 is 0 Å². The number of nitrogens with zero attached hydrogens (tertiary/aromatic N) is 4. The van der Waals surface area contributed by atoms with Crippen LogP contribution in [0, 0.1) is 0 Å². The van der Waals surface area contributed by atoms with Crippen LogP contribution in [0.2, 0.25) is 0 Å². The van der Waals surface area contributed by atoms with Crippen LogP contribution in [0.4, 0.5) is 8.78 Å². The average Bonchev–Trinajstić information content (AvgIpc) is 3.11. The number of alkyl halides is 2. The highest BCUT2D eigenvalue weighted by Crippen LogP contribution is 2.43. The van der Waals surface area contributed by atoms with E-state index in [9.17, 15) is 17.2 Å². The van der Waals surface area contributed by atoms with Crippen molar-refractivity contribution >= 4 is 32.3 Å². The molecular weight excluding hydrogens is 360 g/mol. The highest BCUT2D eigenvalue weighted by atomic mass is 32.2. The SMILES string of the molecule is NS(=O)(=O)c1ccc2c(C3CC3)nn(-c3nnc(C(F)F)s3)c2c1. The van der Waals surface area contributed by atoms with Crippen LogP contribution < -0.4 is 5.14 Å². The summed E-state index contributed by atoms with van der Waals surface area (Å²) in [4.78, 5) is -0.0721. The summed E-state index contributed by atoms with van der Waals surface area (Å²) < 4.78 is 50.1. The molecule has 0 unspecified atom stereocenters. The van der Waals surface area contributed by atoms with Gasteiger partial charge in [-0.3, -0.25) is 0 Å². The van der Waals surface area contributed by atoms with Crippen molar-refractivity contribution in [1.29, 1.82) is 0 Å². The van der Waals surface area contributed by atoms with Gasteiger partial charge in [0.05, 0.1) is 16.1 Å². The summed E-state index contributed by atoms with van der Waals surface area (Å²) in [5.41, 5.74) is 1.26. The molecule has 1 fully saturated rings. The Morgan fingerprint density at radius 1 is 1.29 bits per heavy atom. The maximum atomic E-state index is 12.8. The van der Waals surface area contributed by atoms with E-state index in [0.717, 1.165) is 23.9 Å². The van der Waals surface area contributed by atoms with Crippen LogP contribution in [0.15, 0.2) is 23.1 Å². The van der Waals surface area contributed by atoms with Crippen molar-refractivity contribution in [2.75, 3.05) is 0 Å². The largest absolute Gasteiger partial charge is 0.291 e. The molecule has 1 aromatic carbocycles. The fourth-order valence-corrected chi connectivity index (χ4v) is 3.70. The minimum atomic E-state index is -3.89. The minimum Gasteiger partial charge on any atom is -0.225 e. The lowest BCUT2D eigenvalue weighted by Gasteiger charge is -2.00. The Hall–Kier alpha value is -1.98. The fraction of sp³-hybridized carbons (Fsp3) is 0.308. The molecule has 0 saturated heterocycles. The van der Waals surface area contributed by atoms with Crippen LogP contribution in [0.5, 0.6) is 0 Å². The third kappa shape index (κ3) is 2.58. The molecule has 2 N–H and O–H groups in total. The molecule has 0 bridgehead atoms. The standard InChI is InChI=1S/C13H11F2N5O2S2/c14-11(15)12-17-18-13(23-12)20-9-5-7(24(16,21)22)3-4-8(9)10(19-20)6-1-2-6/h3-6,11H,1-2H2,(H2,16,21,22). The van der Waals surface area contributed by atoms with Crippen LogP contribution >= 0.6 is 11.3 Å². The molecule has 0 aliphatic heterocycles. The van der Waals surface area contributed by atoms with E-state index < -0.39 is 21.5 Å². The van der Waals surface area contributed by atoms with Crippen molar-refractivity contribution in [2.45, 2.75) is 30.1 Å². The lowest BCUT2D eigenvalue weighted by molar-refractivity contribution is 0.150. The first-order valence-corrected chi connectivity index (χ1v) is 9.38. The van der Waals surface area contributed by atoms with Crippen molar-refractivity contribution < 1.29 is 17.2 Å². The Bertz CT molecular complexity index is 1040. The number of primary sulfonamides is 1. The lowest BCUT2D eigenvalue weighted by Crippen LogP contribution is -2.12. The summed E-state index contributed by atoms with van der Waals surface area (Å²) in [7, 11) is -3.89. The fourth-order valence-electron chi connectivity index (χ4n) is 2.50. The topological polar surface area (TPSA) is 104 Å². The zero-order valence-electron chi connectivity index (χ0n) is 12.1. The van der Waals surface area contributed by atoms with Crippen LogP contribution in [-0.2, 0) is 10.0 Å². The first kappa shape index (κ1) is 15.5. The van der Waals surface area contributed by atoms with Crippen molar-refractivity contribution in [3.8, 4) is 5.13 Å². The van der Waals surface area contributed by atoms with E-state index in [1.165, 1.54) is 16.8 Å². The normalized spacial score (nSPS) is 15.5. The molecule has 3 aromatic rings. The van der Waals surface area contributed by atoms with Crippen LogP contribution in [0.1, 0.15) is 35.9 Å². The van der Waals surface area contributed by atoms with Gasteiger partial charge in [-0.1, -0.05) is 11.3 Å². The van der Waals surface area contributed by atoms with Gasteiger partial charge in [0, 0.05) is 11.3 Å². The second-order valence-corrected chi connectivity index (χ2v) is 8.07. The molecule has 0 radical (unpaired) electrons. The second-order valence-electron chi connectivity index (χ2n) is 5.52. The Morgan fingerprint density at radius 2 is 2.04 bits per heavy atom. The molecule has 11 heteroatoms.